The van der Waals surface area contributed by atoms with Gasteiger partial charge in [0, 0.05) is 22.5 Å². The Bertz CT molecular complexity index is 1100. The number of hydrogen-bond donors (Lipinski definition) is 4. The van der Waals surface area contributed by atoms with E-state index in [1.165, 1.54) is 0 Å². The van der Waals surface area contributed by atoms with Crippen LogP contribution >= 0.6 is 0 Å². The monoisotopic (exact) mass is 428 g/mol. The molecule has 0 heterocycles. The molecule has 8 nitrogen and oxygen atoms in total. The van der Waals surface area contributed by atoms with E-state index in [-0.39, 0.29) is 0 Å². The quantitative estimate of drug-likeness (QED) is 0.272. The molecule has 0 bridgehead atoms. The maximum absolute atomic E-state index is 12.4. The van der Waals surface area contributed by atoms with E-state index in [0.29, 0.717) is 33.9 Å². The largest absolute Gasteiger partial charge is 0.399 e. The standard InChI is InChI=1S/C24H24N6O2/c1-15(19-5-3-7-21(25)13-19)27-29-23(31)17-9-11-18(12-10-17)24(32)30-28-16(2)20-6-4-8-22(26)14-20/h3-14H,25-26H2,1-2H3,(H,29,31)(H,30,32). The second-order valence-corrected chi connectivity index (χ2v) is 7.10. The van der Waals surface area contributed by atoms with Gasteiger partial charge in [0.05, 0.1) is 11.4 Å². The molecule has 3 aromatic carbocycles. The Labute approximate surface area is 186 Å². The lowest BCUT2D eigenvalue weighted by atomic mass is 10.1. The minimum Gasteiger partial charge on any atom is -0.399 e. The highest BCUT2D eigenvalue weighted by atomic mass is 16.2. The van der Waals surface area contributed by atoms with Crippen molar-refractivity contribution in [2.45, 2.75) is 13.8 Å². The molecule has 162 valence electrons. The summed E-state index contributed by atoms with van der Waals surface area (Å²) in [6, 6.07) is 20.6. The summed E-state index contributed by atoms with van der Waals surface area (Å²) in [5, 5.41) is 8.22. The Balaban J connectivity index is 1.61. The maximum Gasteiger partial charge on any atom is 0.271 e. The molecule has 0 aliphatic carbocycles. The molecule has 0 atom stereocenters. The number of nitrogens with zero attached hydrogens (tertiary/aromatic N) is 2. The Morgan fingerprint density at radius 1 is 0.625 bits per heavy atom. The molecule has 0 radical (unpaired) electrons. The van der Waals surface area contributed by atoms with Gasteiger partial charge in [-0.3, -0.25) is 9.59 Å². The number of nitrogens with one attached hydrogen (secondary N) is 2. The number of anilines is 2. The highest BCUT2D eigenvalue weighted by Gasteiger charge is 2.09. The van der Waals surface area contributed by atoms with Crippen molar-refractivity contribution in [3.63, 3.8) is 0 Å². The molecule has 8 heteroatoms. The minimum absolute atomic E-state index is 0.366. The van der Waals surface area contributed by atoms with Gasteiger partial charge in [-0.1, -0.05) is 24.3 Å². The molecule has 2 amide bonds. The maximum atomic E-state index is 12.4. The zero-order valence-electron chi connectivity index (χ0n) is 17.8. The van der Waals surface area contributed by atoms with Crippen LogP contribution in [0.15, 0.2) is 83.0 Å². The molecule has 0 spiro atoms. The van der Waals surface area contributed by atoms with Gasteiger partial charge in [0.1, 0.15) is 0 Å². The first kappa shape index (κ1) is 22.2. The summed E-state index contributed by atoms with van der Waals surface area (Å²) in [4.78, 5) is 24.7. The number of rotatable bonds is 6. The summed E-state index contributed by atoms with van der Waals surface area (Å²) in [5.41, 5.74) is 21.4. The van der Waals surface area contributed by atoms with Gasteiger partial charge in [-0.05, 0) is 73.5 Å². The lowest BCUT2D eigenvalue weighted by Gasteiger charge is -2.06. The van der Waals surface area contributed by atoms with E-state index in [4.69, 9.17) is 11.5 Å². The molecule has 0 aromatic heterocycles. The smallest absolute Gasteiger partial charge is 0.271 e. The van der Waals surface area contributed by atoms with Crippen molar-refractivity contribution in [2.24, 2.45) is 10.2 Å². The highest BCUT2D eigenvalue weighted by molar-refractivity contribution is 6.03. The fraction of sp³-hybridized carbons (Fsp3) is 0.0833. The molecule has 0 saturated carbocycles. The van der Waals surface area contributed by atoms with Crippen LogP contribution in [-0.2, 0) is 0 Å². The first-order chi connectivity index (χ1) is 15.3. The normalized spacial score (nSPS) is 11.7. The first-order valence-electron chi connectivity index (χ1n) is 9.84. The van der Waals surface area contributed by atoms with Crippen LogP contribution in [0.2, 0.25) is 0 Å². The Kier molecular flexibility index (Phi) is 6.97. The molecule has 0 saturated heterocycles. The van der Waals surface area contributed by atoms with Crippen LogP contribution in [0.25, 0.3) is 0 Å². The lowest BCUT2D eigenvalue weighted by Crippen LogP contribution is -2.21. The molecule has 0 aliphatic rings. The van der Waals surface area contributed by atoms with Gasteiger partial charge < -0.3 is 11.5 Å². The molecule has 3 aromatic rings. The lowest BCUT2D eigenvalue weighted by molar-refractivity contribution is 0.0943. The number of hydrazone groups is 2. The molecular weight excluding hydrogens is 404 g/mol. The fourth-order valence-corrected chi connectivity index (χ4v) is 2.83. The van der Waals surface area contributed by atoms with E-state index < -0.39 is 11.8 Å². The van der Waals surface area contributed by atoms with Crippen LogP contribution in [0.1, 0.15) is 45.7 Å². The van der Waals surface area contributed by atoms with Crippen LogP contribution in [0.3, 0.4) is 0 Å². The van der Waals surface area contributed by atoms with E-state index in [1.807, 2.05) is 24.3 Å². The van der Waals surface area contributed by atoms with Crippen LogP contribution in [0.5, 0.6) is 0 Å². The third-order valence-electron chi connectivity index (χ3n) is 4.67. The SMILES string of the molecule is CC(=NNC(=O)c1ccc(C(=O)NN=C(C)c2cccc(N)c2)cc1)c1cccc(N)c1. The summed E-state index contributed by atoms with van der Waals surface area (Å²) in [7, 11) is 0. The van der Waals surface area contributed by atoms with Crippen LogP contribution in [0.4, 0.5) is 11.4 Å². The topological polar surface area (TPSA) is 135 Å². The average Bonchev–Trinajstić information content (AvgIpc) is 2.80. The van der Waals surface area contributed by atoms with Crippen molar-refractivity contribution in [3.05, 3.63) is 95.1 Å². The molecule has 32 heavy (non-hydrogen) atoms. The number of nitrogens with two attached hydrogens (primary N) is 2. The Hall–Kier alpha value is -4.46. The van der Waals surface area contributed by atoms with Gasteiger partial charge >= 0.3 is 0 Å². The Morgan fingerprint density at radius 2 is 1.00 bits per heavy atom. The Morgan fingerprint density at radius 3 is 1.34 bits per heavy atom. The predicted octanol–water partition coefficient (Wildman–Crippen LogP) is 3.16. The third kappa shape index (κ3) is 5.79. The molecule has 0 fully saturated rings. The van der Waals surface area contributed by atoms with Gasteiger partial charge in [-0.15, -0.1) is 0 Å². The number of carbonyl (C=O) groups excluding carboxylic acids is 2. The van der Waals surface area contributed by atoms with Crippen molar-refractivity contribution in [1.82, 2.24) is 10.9 Å². The molecule has 0 unspecified atom stereocenters. The van der Waals surface area contributed by atoms with Crippen LogP contribution in [0, 0.1) is 0 Å². The van der Waals surface area contributed by atoms with E-state index in [9.17, 15) is 9.59 Å². The van der Waals surface area contributed by atoms with Gasteiger partial charge in [-0.25, -0.2) is 10.9 Å². The summed E-state index contributed by atoms with van der Waals surface area (Å²) in [6.07, 6.45) is 0. The fourth-order valence-electron chi connectivity index (χ4n) is 2.83. The van der Waals surface area contributed by atoms with Crippen LogP contribution < -0.4 is 22.3 Å². The first-order valence-corrected chi connectivity index (χ1v) is 9.84. The van der Waals surface area contributed by atoms with Crippen molar-refractivity contribution >= 4 is 34.6 Å². The van der Waals surface area contributed by atoms with E-state index >= 15 is 0 Å². The van der Waals surface area contributed by atoms with Crippen molar-refractivity contribution in [3.8, 4) is 0 Å². The number of nitrogen functional groups attached to an aromatic ring is 2. The van der Waals surface area contributed by atoms with Crippen LogP contribution in [-0.4, -0.2) is 23.2 Å². The van der Waals surface area contributed by atoms with Gasteiger partial charge in [0.2, 0.25) is 0 Å². The van der Waals surface area contributed by atoms with Gasteiger partial charge in [0.25, 0.3) is 11.8 Å². The van der Waals surface area contributed by atoms with E-state index in [2.05, 4.69) is 21.1 Å². The number of carbonyl (C=O) groups is 2. The highest BCUT2D eigenvalue weighted by Crippen LogP contribution is 2.09. The second kappa shape index (κ2) is 10.0. The predicted molar refractivity (Wildman–Crippen MR) is 128 cm³/mol. The number of hydrogen-bond acceptors (Lipinski definition) is 6. The molecular formula is C24H24N6O2. The molecule has 0 aliphatic heterocycles. The number of benzene rings is 3. The van der Waals surface area contributed by atoms with E-state index in [0.717, 1.165) is 11.1 Å². The van der Waals surface area contributed by atoms with Gasteiger partial charge in [-0.2, -0.15) is 10.2 Å². The minimum atomic E-state index is -0.393. The summed E-state index contributed by atoms with van der Waals surface area (Å²) >= 11 is 0. The molecule has 3 rings (SSSR count). The summed E-state index contributed by atoms with van der Waals surface area (Å²) in [6.45, 7) is 3.55. The summed E-state index contributed by atoms with van der Waals surface area (Å²) in [5.74, 6) is -0.786. The second-order valence-electron chi connectivity index (χ2n) is 7.10. The number of amides is 2. The van der Waals surface area contributed by atoms with Crippen molar-refractivity contribution in [1.29, 1.82) is 0 Å². The zero-order chi connectivity index (χ0) is 23.1. The van der Waals surface area contributed by atoms with Crippen molar-refractivity contribution < 1.29 is 9.59 Å². The summed E-state index contributed by atoms with van der Waals surface area (Å²) < 4.78 is 0. The van der Waals surface area contributed by atoms with E-state index in [1.54, 1.807) is 62.4 Å². The van der Waals surface area contributed by atoms with Gasteiger partial charge in [0.15, 0.2) is 0 Å². The average molecular weight is 428 g/mol. The molecule has 6 N–H and O–H groups in total. The third-order valence-corrected chi connectivity index (χ3v) is 4.67. The zero-order valence-corrected chi connectivity index (χ0v) is 17.8. The van der Waals surface area contributed by atoms with Crippen molar-refractivity contribution in [2.75, 3.05) is 11.5 Å².